The third kappa shape index (κ3) is 83.6. The Balaban J connectivity index is -0.000000142. The molecule has 0 amide bonds. The van der Waals surface area contributed by atoms with Gasteiger partial charge >= 0.3 is 0 Å². The van der Waals surface area contributed by atoms with E-state index in [2.05, 4.69) is 11.5 Å². The highest BCUT2D eigenvalue weighted by Crippen LogP contribution is 1.44. The smallest absolute Gasteiger partial charge is 0.192 e. The van der Waals surface area contributed by atoms with Gasteiger partial charge in [-0.05, 0) is 0 Å². The predicted octanol–water partition coefficient (Wildman–Crippen LogP) is -2.38. The Bertz CT molecular complexity index is 148. The zero-order chi connectivity index (χ0) is 9.44. The van der Waals surface area contributed by atoms with Crippen LogP contribution in [0.1, 0.15) is 0 Å². The van der Waals surface area contributed by atoms with Gasteiger partial charge in [-0.2, -0.15) is 0 Å². The Morgan fingerprint density at radius 3 is 1.00 bits per heavy atom. The van der Waals surface area contributed by atoms with Crippen LogP contribution in [-0.4, -0.2) is 17.9 Å². The summed E-state index contributed by atoms with van der Waals surface area (Å²) in [7, 11) is 0. The minimum Gasteiger partial charge on any atom is -0.370 e. The Morgan fingerprint density at radius 1 is 0.833 bits per heavy atom. The fraction of sp³-hybridized carbons (Fsp3) is 0. The van der Waals surface area contributed by atoms with Crippen molar-refractivity contribution in [3.05, 3.63) is 0 Å². The van der Waals surface area contributed by atoms with Crippen LogP contribution in [0.15, 0.2) is 0 Å². The highest BCUT2D eigenvalue weighted by atomic mass is 35.5. The van der Waals surface area contributed by atoms with Gasteiger partial charge in [0.2, 0.25) is 0 Å². The lowest BCUT2D eigenvalue weighted by Crippen LogP contribution is -2.39. The quantitative estimate of drug-likeness (QED) is 0.158. The molecular weight excluding hydrogens is 184 g/mol. The first-order valence-electron chi connectivity index (χ1n) is 2.40. The number of hydrogen-bond donors (Lipinski definition) is 8. The summed E-state index contributed by atoms with van der Waals surface area (Å²) in [5.74, 6) is -0.958. The molecular formula is C3H13ClN8. The molecule has 0 rings (SSSR count). The summed E-state index contributed by atoms with van der Waals surface area (Å²) < 4.78 is 0. The van der Waals surface area contributed by atoms with Crippen molar-refractivity contribution >= 4 is 30.3 Å². The molecule has 0 atom stereocenters. The Kier molecular flexibility index (Phi) is 13.0. The van der Waals surface area contributed by atoms with Crippen molar-refractivity contribution < 1.29 is 0 Å². The molecule has 72 valence electrons. The summed E-state index contributed by atoms with van der Waals surface area (Å²) in [6.45, 7) is 0. The second kappa shape index (κ2) is 9.30. The summed E-state index contributed by atoms with van der Waals surface area (Å²) in [5, 5.41) is 21.0. The zero-order valence-corrected chi connectivity index (χ0v) is 7.03. The second-order valence-corrected chi connectivity index (χ2v) is 1.41. The Labute approximate surface area is 75.6 Å². The fourth-order valence-electron chi connectivity index (χ4n) is 0.145. The van der Waals surface area contributed by atoms with E-state index < -0.39 is 0 Å². The highest BCUT2D eigenvalue weighted by Gasteiger charge is 1.83. The second-order valence-electron chi connectivity index (χ2n) is 1.41. The van der Waals surface area contributed by atoms with Gasteiger partial charge in [-0.25, -0.2) is 0 Å². The van der Waals surface area contributed by atoms with Crippen LogP contribution >= 0.6 is 12.4 Å². The zero-order valence-electron chi connectivity index (χ0n) is 6.22. The largest absolute Gasteiger partial charge is 0.370 e. The van der Waals surface area contributed by atoms with Gasteiger partial charge in [-0.3, -0.25) is 21.5 Å². The third-order valence-electron chi connectivity index (χ3n) is 0.269. The maximum absolute atomic E-state index is 6.47. The molecule has 0 saturated heterocycles. The lowest BCUT2D eigenvalue weighted by Gasteiger charge is -1.95. The van der Waals surface area contributed by atoms with E-state index in [9.17, 15) is 0 Å². The molecule has 0 aliphatic heterocycles. The molecule has 0 aliphatic rings. The number of hydrogen-bond acceptors (Lipinski definition) is 3. The molecule has 12 N–H and O–H groups in total. The topological polar surface area (TPSA) is 188 Å². The van der Waals surface area contributed by atoms with E-state index in [0.29, 0.717) is 0 Å². The van der Waals surface area contributed by atoms with E-state index in [1.165, 1.54) is 0 Å². The average Bonchev–Trinajstić information content (AvgIpc) is 1.56. The van der Waals surface area contributed by atoms with Crippen molar-refractivity contribution in [3.8, 4) is 0 Å². The van der Waals surface area contributed by atoms with Gasteiger partial charge in [0.05, 0.1) is 0 Å². The van der Waals surface area contributed by atoms with Crippen molar-refractivity contribution in [3.63, 3.8) is 0 Å². The van der Waals surface area contributed by atoms with E-state index in [4.69, 9.17) is 27.7 Å². The molecule has 0 aliphatic carbocycles. The van der Waals surface area contributed by atoms with Crippen LogP contribution in [0.25, 0.3) is 0 Å². The Morgan fingerprint density at radius 2 is 1.00 bits per heavy atom. The van der Waals surface area contributed by atoms with Crippen molar-refractivity contribution in [1.82, 2.24) is 5.32 Å². The van der Waals surface area contributed by atoms with Crippen LogP contribution in [0, 0.1) is 16.2 Å². The molecule has 0 bridgehead atoms. The van der Waals surface area contributed by atoms with E-state index >= 15 is 0 Å². The molecule has 0 spiro atoms. The summed E-state index contributed by atoms with van der Waals surface area (Å²) in [6, 6.07) is 0. The van der Waals surface area contributed by atoms with Crippen molar-refractivity contribution in [2.45, 2.75) is 0 Å². The Hall–Kier alpha value is -1.70. The van der Waals surface area contributed by atoms with Gasteiger partial charge in [-0.1, -0.05) is 0 Å². The molecule has 0 aromatic heterocycles. The van der Waals surface area contributed by atoms with Crippen molar-refractivity contribution in [2.24, 2.45) is 22.9 Å². The van der Waals surface area contributed by atoms with Crippen LogP contribution in [0.3, 0.4) is 0 Å². The average molecular weight is 197 g/mol. The van der Waals surface area contributed by atoms with Crippen LogP contribution in [0.4, 0.5) is 0 Å². The highest BCUT2D eigenvalue weighted by molar-refractivity contribution is 5.93. The molecule has 0 aromatic rings. The first-order chi connectivity index (χ1) is 4.86. The first kappa shape index (κ1) is 16.7. The normalized spacial score (nSPS) is 6.33. The van der Waals surface area contributed by atoms with Crippen molar-refractivity contribution in [2.75, 3.05) is 0 Å². The lowest BCUT2D eigenvalue weighted by molar-refractivity contribution is 1.19. The molecule has 12 heavy (non-hydrogen) atoms. The summed E-state index contributed by atoms with van der Waals surface area (Å²) in [4.78, 5) is 0. The summed E-state index contributed by atoms with van der Waals surface area (Å²) in [5.41, 5.74) is 18.4. The summed E-state index contributed by atoms with van der Waals surface area (Å²) >= 11 is 0. The van der Waals surface area contributed by atoms with Gasteiger partial charge in [-0.15, -0.1) is 12.4 Å². The lowest BCUT2D eigenvalue weighted by atomic mass is 10.9. The van der Waals surface area contributed by atoms with E-state index in [1.54, 1.807) is 0 Å². The maximum atomic E-state index is 6.47. The molecule has 0 unspecified atom stereocenters. The van der Waals surface area contributed by atoms with E-state index in [0.717, 1.165) is 0 Å². The number of nitrogens with two attached hydrogens (primary N) is 4. The fourth-order valence-corrected chi connectivity index (χ4v) is 0.145. The van der Waals surface area contributed by atoms with Gasteiger partial charge in [0, 0.05) is 0 Å². The molecule has 8 nitrogen and oxygen atoms in total. The number of rotatable bonds is 0. The van der Waals surface area contributed by atoms with Gasteiger partial charge in [0.15, 0.2) is 17.9 Å². The van der Waals surface area contributed by atoms with Crippen LogP contribution in [0.5, 0.6) is 0 Å². The number of nitrogens with one attached hydrogen (secondary N) is 4. The monoisotopic (exact) mass is 196 g/mol. The molecule has 9 heteroatoms. The minimum absolute atomic E-state index is 0. The molecule has 0 aromatic carbocycles. The SMILES string of the molecule is Cl.N=C(N)N.N=C(N)NC(=N)N. The van der Waals surface area contributed by atoms with E-state index in [-0.39, 0.29) is 30.3 Å². The van der Waals surface area contributed by atoms with Crippen molar-refractivity contribution in [1.29, 1.82) is 16.2 Å². The van der Waals surface area contributed by atoms with Crippen LogP contribution < -0.4 is 28.3 Å². The standard InChI is InChI=1S/C2H7N5.CH5N3.ClH/c3-1(4)7-2(5)6;2-1(3)4;/h(H7,3,4,5,6,7);(H5,2,3,4);1H. The third-order valence-corrected chi connectivity index (χ3v) is 0.269. The molecule has 0 heterocycles. The van der Waals surface area contributed by atoms with Gasteiger partial charge in [0.25, 0.3) is 0 Å². The predicted molar refractivity (Wildman–Crippen MR) is 50.3 cm³/mol. The van der Waals surface area contributed by atoms with Crippen LogP contribution in [-0.2, 0) is 0 Å². The number of guanidine groups is 3. The maximum Gasteiger partial charge on any atom is 0.192 e. The van der Waals surface area contributed by atoms with E-state index in [1.807, 2.05) is 5.32 Å². The molecule has 0 fully saturated rings. The minimum atomic E-state index is -0.333. The van der Waals surface area contributed by atoms with Gasteiger partial charge in [0.1, 0.15) is 0 Å². The summed E-state index contributed by atoms with van der Waals surface area (Å²) in [6.07, 6.45) is 0. The van der Waals surface area contributed by atoms with Gasteiger partial charge < -0.3 is 22.9 Å². The molecule has 0 saturated carbocycles. The number of halogens is 1. The molecule has 0 radical (unpaired) electrons. The first-order valence-corrected chi connectivity index (χ1v) is 2.40. The van der Waals surface area contributed by atoms with Crippen LogP contribution in [0.2, 0.25) is 0 Å².